The van der Waals surface area contributed by atoms with E-state index >= 15 is 0 Å². The molecule has 0 saturated carbocycles. The second kappa shape index (κ2) is 7.67. The molecule has 6 heteroatoms. The quantitative estimate of drug-likeness (QED) is 0.377. The maximum absolute atomic E-state index is 10.4. The molecule has 0 radical (unpaired) electrons. The Morgan fingerprint density at radius 1 is 0.464 bits per heavy atom. The highest BCUT2D eigenvalue weighted by Gasteiger charge is 2.14. The van der Waals surface area contributed by atoms with Crippen LogP contribution in [0.2, 0.25) is 0 Å². The van der Waals surface area contributed by atoms with Gasteiger partial charge in [0.2, 0.25) is 0 Å². The maximum atomic E-state index is 10.4. The predicted octanol–water partition coefficient (Wildman–Crippen LogP) is 7.08. The monoisotopic (exact) mass is 368 g/mol. The van der Waals surface area contributed by atoms with Gasteiger partial charge in [-0.25, -0.2) is 0 Å². The van der Waals surface area contributed by atoms with Crippen LogP contribution in [0.3, 0.4) is 0 Å². The highest BCUT2D eigenvalue weighted by molar-refractivity contribution is 6.05. The zero-order chi connectivity index (χ0) is 19.3. The molecule has 0 spiro atoms. The minimum Gasteiger partial charge on any atom is -0.506 e. The first-order valence-corrected chi connectivity index (χ1v) is 8.63. The van der Waals surface area contributed by atoms with Crippen molar-refractivity contribution in [3.63, 3.8) is 0 Å². The summed E-state index contributed by atoms with van der Waals surface area (Å²) in [7, 11) is 0. The molecule has 0 unspecified atom stereocenters. The van der Waals surface area contributed by atoms with Crippen molar-refractivity contribution in [2.45, 2.75) is 0 Å². The van der Waals surface area contributed by atoms with Crippen molar-refractivity contribution < 1.29 is 10.2 Å². The minimum absolute atomic E-state index is 0.0612. The minimum atomic E-state index is -0.0612. The van der Waals surface area contributed by atoms with E-state index in [2.05, 4.69) is 20.5 Å². The second-order valence-electron chi connectivity index (χ2n) is 6.04. The molecule has 6 nitrogen and oxygen atoms in total. The fourth-order valence-electron chi connectivity index (χ4n) is 2.77. The van der Waals surface area contributed by atoms with Gasteiger partial charge in [-0.2, -0.15) is 10.2 Å². The number of azo groups is 2. The number of hydrogen-bond acceptors (Lipinski definition) is 6. The number of hydrogen-bond donors (Lipinski definition) is 2. The van der Waals surface area contributed by atoms with E-state index in [1.54, 1.807) is 36.4 Å². The average Bonchev–Trinajstić information content (AvgIpc) is 2.74. The largest absolute Gasteiger partial charge is 0.506 e. The van der Waals surface area contributed by atoms with Crippen LogP contribution in [0, 0.1) is 0 Å². The van der Waals surface area contributed by atoms with Gasteiger partial charge in [0.25, 0.3) is 0 Å². The molecule has 0 bridgehead atoms. The number of nitrogens with zero attached hydrogens (tertiary/aromatic N) is 4. The molecule has 0 saturated heterocycles. The summed E-state index contributed by atoms with van der Waals surface area (Å²) in [6.07, 6.45) is 0. The highest BCUT2D eigenvalue weighted by Crippen LogP contribution is 2.45. The Balaban J connectivity index is 1.87. The number of aromatic hydroxyl groups is 2. The van der Waals surface area contributed by atoms with Crippen molar-refractivity contribution in [2.75, 3.05) is 0 Å². The van der Waals surface area contributed by atoms with Gasteiger partial charge >= 0.3 is 0 Å². The third-order valence-corrected chi connectivity index (χ3v) is 4.13. The van der Waals surface area contributed by atoms with Gasteiger partial charge in [0.05, 0.1) is 11.4 Å². The molecule has 2 N–H and O–H groups in total. The summed E-state index contributed by atoms with van der Waals surface area (Å²) in [5.41, 5.74) is 1.73. The van der Waals surface area contributed by atoms with Gasteiger partial charge in [-0.3, -0.25) is 0 Å². The first-order valence-electron chi connectivity index (χ1n) is 8.63. The normalized spacial score (nSPS) is 11.6. The Labute approximate surface area is 161 Å². The number of fused-ring (bicyclic) bond motifs is 1. The molecule has 4 aromatic rings. The van der Waals surface area contributed by atoms with E-state index < -0.39 is 0 Å². The van der Waals surface area contributed by atoms with Gasteiger partial charge in [-0.15, -0.1) is 10.2 Å². The topological polar surface area (TPSA) is 89.9 Å². The summed E-state index contributed by atoms with van der Waals surface area (Å²) >= 11 is 0. The van der Waals surface area contributed by atoms with Crippen LogP contribution >= 0.6 is 0 Å². The standard InChI is InChI=1S/C22H16N4O2/c27-18-13-11-15-12-14-19(28)22(26-24-17-9-5-2-6-10-17)20(15)21(18)25-23-16-7-3-1-4-8-16/h1-14,27-28H. The molecule has 28 heavy (non-hydrogen) atoms. The van der Waals surface area contributed by atoms with E-state index in [0.29, 0.717) is 16.8 Å². The molecule has 0 aliphatic heterocycles. The summed E-state index contributed by atoms with van der Waals surface area (Å²) < 4.78 is 0. The van der Waals surface area contributed by atoms with Crippen molar-refractivity contribution in [1.29, 1.82) is 0 Å². The molecule has 0 aromatic heterocycles. The maximum Gasteiger partial charge on any atom is 0.143 e. The molecular formula is C22H16N4O2. The van der Waals surface area contributed by atoms with Crippen LogP contribution in [0.4, 0.5) is 22.7 Å². The lowest BCUT2D eigenvalue weighted by molar-refractivity contribution is 0.475. The Morgan fingerprint density at radius 3 is 1.32 bits per heavy atom. The lowest BCUT2D eigenvalue weighted by atomic mass is 10.1. The van der Waals surface area contributed by atoms with Crippen LogP contribution < -0.4 is 0 Å². The molecule has 4 aromatic carbocycles. The van der Waals surface area contributed by atoms with Crippen LogP contribution in [0.5, 0.6) is 11.5 Å². The van der Waals surface area contributed by atoms with Crippen LogP contribution in [-0.4, -0.2) is 10.2 Å². The molecule has 0 fully saturated rings. The molecule has 0 atom stereocenters. The number of benzene rings is 4. The molecule has 0 aliphatic carbocycles. The van der Waals surface area contributed by atoms with E-state index in [1.807, 2.05) is 36.4 Å². The van der Waals surface area contributed by atoms with Gasteiger partial charge in [0, 0.05) is 5.39 Å². The Bertz CT molecular complexity index is 1080. The molecule has 0 heterocycles. The Hall–Kier alpha value is -4.06. The molecule has 4 rings (SSSR count). The van der Waals surface area contributed by atoms with Gasteiger partial charge in [0.15, 0.2) is 0 Å². The lowest BCUT2D eigenvalue weighted by Gasteiger charge is -2.08. The molecule has 0 amide bonds. The van der Waals surface area contributed by atoms with E-state index in [0.717, 1.165) is 5.39 Å². The summed E-state index contributed by atoms with van der Waals surface area (Å²) in [4.78, 5) is 0. The summed E-state index contributed by atoms with van der Waals surface area (Å²) in [5.74, 6) is -0.122. The van der Waals surface area contributed by atoms with Gasteiger partial charge < -0.3 is 10.2 Å². The van der Waals surface area contributed by atoms with E-state index in [4.69, 9.17) is 0 Å². The van der Waals surface area contributed by atoms with Crippen LogP contribution in [0.1, 0.15) is 0 Å². The number of rotatable bonds is 4. The molecule has 136 valence electrons. The van der Waals surface area contributed by atoms with Crippen molar-refractivity contribution >= 4 is 33.5 Å². The van der Waals surface area contributed by atoms with Crippen LogP contribution in [0.15, 0.2) is 105 Å². The van der Waals surface area contributed by atoms with Crippen molar-refractivity contribution in [3.8, 4) is 11.5 Å². The second-order valence-corrected chi connectivity index (χ2v) is 6.04. The van der Waals surface area contributed by atoms with Crippen LogP contribution in [0.25, 0.3) is 10.8 Å². The van der Waals surface area contributed by atoms with Crippen LogP contribution in [-0.2, 0) is 0 Å². The van der Waals surface area contributed by atoms with E-state index in [1.165, 1.54) is 12.1 Å². The van der Waals surface area contributed by atoms with Gasteiger partial charge in [-0.1, -0.05) is 48.5 Å². The summed E-state index contributed by atoms with van der Waals surface area (Å²) in [6, 6.07) is 24.9. The molecule has 0 aliphatic rings. The van der Waals surface area contributed by atoms with Crippen molar-refractivity contribution in [2.24, 2.45) is 20.5 Å². The van der Waals surface area contributed by atoms with E-state index in [9.17, 15) is 10.2 Å². The highest BCUT2D eigenvalue weighted by atomic mass is 16.3. The number of phenols is 2. The predicted molar refractivity (Wildman–Crippen MR) is 109 cm³/mol. The van der Waals surface area contributed by atoms with Gasteiger partial charge in [-0.05, 0) is 41.8 Å². The third-order valence-electron chi connectivity index (χ3n) is 4.13. The number of phenolic OH excluding ortho intramolecular Hbond substituents is 2. The summed E-state index contributed by atoms with van der Waals surface area (Å²) in [6.45, 7) is 0. The summed E-state index contributed by atoms with van der Waals surface area (Å²) in [5, 5.41) is 38.8. The fourth-order valence-corrected chi connectivity index (χ4v) is 2.77. The lowest BCUT2D eigenvalue weighted by Crippen LogP contribution is -1.78. The van der Waals surface area contributed by atoms with Crippen molar-refractivity contribution in [3.05, 3.63) is 84.9 Å². The fraction of sp³-hybridized carbons (Fsp3) is 0. The zero-order valence-corrected chi connectivity index (χ0v) is 14.8. The van der Waals surface area contributed by atoms with Gasteiger partial charge in [0.1, 0.15) is 22.9 Å². The van der Waals surface area contributed by atoms with E-state index in [-0.39, 0.29) is 22.9 Å². The Morgan fingerprint density at radius 2 is 0.893 bits per heavy atom. The van der Waals surface area contributed by atoms with Crippen molar-refractivity contribution in [1.82, 2.24) is 0 Å². The first kappa shape index (κ1) is 17.4. The zero-order valence-electron chi connectivity index (χ0n) is 14.8. The smallest absolute Gasteiger partial charge is 0.143 e. The third kappa shape index (κ3) is 3.57. The average molecular weight is 368 g/mol. The molecular weight excluding hydrogens is 352 g/mol. The first-order chi connectivity index (χ1) is 13.7. The Kier molecular flexibility index (Phi) is 4.76. The SMILES string of the molecule is Oc1ccc2ccc(O)c(N=Nc3ccccc3)c2c1N=Nc1ccccc1.